The van der Waals surface area contributed by atoms with Crippen LogP contribution in [0.1, 0.15) is 22.9 Å². The van der Waals surface area contributed by atoms with Gasteiger partial charge in [0.1, 0.15) is 0 Å². The maximum Gasteiger partial charge on any atom is 0.165 e. The Balaban J connectivity index is 1.98. The van der Waals surface area contributed by atoms with Crippen molar-refractivity contribution in [1.82, 2.24) is 10.2 Å². The summed E-state index contributed by atoms with van der Waals surface area (Å²) in [5, 5.41) is 3.43. The number of methoxy groups -OCH3 is 1. The van der Waals surface area contributed by atoms with Gasteiger partial charge in [-0.2, -0.15) is 0 Å². The van der Waals surface area contributed by atoms with Crippen molar-refractivity contribution in [3.8, 4) is 5.75 Å². The van der Waals surface area contributed by atoms with Gasteiger partial charge in [-0.05, 0) is 58.7 Å². The fourth-order valence-corrected chi connectivity index (χ4v) is 4.59. The first-order chi connectivity index (χ1) is 11.2. The Kier molecular flexibility index (Phi) is 5.69. The molecule has 0 spiro atoms. The topological polar surface area (TPSA) is 24.5 Å². The number of ether oxygens (including phenoxy) is 1. The molecule has 3 nitrogen and oxygen atoms in total. The molecule has 0 saturated carbocycles. The summed E-state index contributed by atoms with van der Waals surface area (Å²) < 4.78 is 20.4. The minimum absolute atomic E-state index is 0.0756. The monoisotopic (exact) mass is 398 g/mol. The normalized spacial score (nSPS) is 17.7. The Hall–Kier alpha value is -0.950. The van der Waals surface area contributed by atoms with Gasteiger partial charge in [0.2, 0.25) is 0 Å². The van der Waals surface area contributed by atoms with Crippen LogP contribution in [-0.2, 0) is 0 Å². The van der Waals surface area contributed by atoms with E-state index in [4.69, 9.17) is 4.74 Å². The molecule has 3 rings (SSSR count). The first kappa shape index (κ1) is 16.9. The van der Waals surface area contributed by atoms with Crippen molar-refractivity contribution >= 4 is 27.3 Å². The Morgan fingerprint density at radius 1 is 1.26 bits per heavy atom. The minimum Gasteiger partial charge on any atom is -0.494 e. The van der Waals surface area contributed by atoms with Crippen LogP contribution >= 0.6 is 27.3 Å². The number of hydrogen-bond acceptors (Lipinski definition) is 4. The molecule has 6 heteroatoms. The van der Waals surface area contributed by atoms with Gasteiger partial charge in [0.25, 0.3) is 0 Å². The summed E-state index contributed by atoms with van der Waals surface area (Å²) in [6.45, 7) is 3.95. The molecule has 1 aromatic carbocycles. The minimum atomic E-state index is -0.307. The van der Waals surface area contributed by atoms with E-state index in [0.29, 0.717) is 0 Å². The summed E-state index contributed by atoms with van der Waals surface area (Å²) in [6, 6.07) is 9.55. The van der Waals surface area contributed by atoms with Crippen LogP contribution < -0.4 is 10.1 Å². The summed E-state index contributed by atoms with van der Waals surface area (Å²) in [5.41, 5.74) is 0.972. The van der Waals surface area contributed by atoms with Crippen LogP contribution in [0.15, 0.2) is 34.1 Å². The van der Waals surface area contributed by atoms with Gasteiger partial charge < -0.3 is 10.1 Å². The van der Waals surface area contributed by atoms with Gasteiger partial charge in [0.15, 0.2) is 11.6 Å². The van der Waals surface area contributed by atoms with Crippen LogP contribution in [0.4, 0.5) is 4.39 Å². The van der Waals surface area contributed by atoms with Gasteiger partial charge in [-0.15, -0.1) is 11.3 Å². The van der Waals surface area contributed by atoms with Gasteiger partial charge in [-0.25, -0.2) is 4.39 Å². The van der Waals surface area contributed by atoms with E-state index in [-0.39, 0.29) is 17.6 Å². The molecule has 1 unspecified atom stereocenters. The maximum absolute atomic E-state index is 14.2. The van der Waals surface area contributed by atoms with Crippen molar-refractivity contribution in [2.45, 2.75) is 12.5 Å². The van der Waals surface area contributed by atoms with Crippen LogP contribution in [0.3, 0.4) is 0 Å². The molecule has 2 heterocycles. The highest BCUT2D eigenvalue weighted by molar-refractivity contribution is 9.11. The fraction of sp³-hybridized carbons (Fsp3) is 0.412. The van der Waals surface area contributed by atoms with Crippen molar-refractivity contribution < 1.29 is 9.13 Å². The third kappa shape index (κ3) is 3.94. The van der Waals surface area contributed by atoms with Crippen molar-refractivity contribution in [2.24, 2.45) is 0 Å². The molecule has 1 saturated heterocycles. The summed E-state index contributed by atoms with van der Waals surface area (Å²) in [6.07, 6.45) is 1.10. The van der Waals surface area contributed by atoms with Gasteiger partial charge >= 0.3 is 0 Å². The molecule has 1 N–H and O–H groups in total. The van der Waals surface area contributed by atoms with Gasteiger partial charge in [0.05, 0.1) is 16.9 Å². The molecule has 23 heavy (non-hydrogen) atoms. The number of rotatable bonds is 4. The number of thiophene rings is 1. The van der Waals surface area contributed by atoms with Crippen LogP contribution in [-0.4, -0.2) is 38.2 Å². The van der Waals surface area contributed by atoms with Crippen molar-refractivity contribution in [3.05, 3.63) is 50.4 Å². The van der Waals surface area contributed by atoms with Crippen molar-refractivity contribution in [2.75, 3.05) is 33.3 Å². The lowest BCUT2D eigenvalue weighted by atomic mass is 10.0. The van der Waals surface area contributed by atoms with E-state index in [9.17, 15) is 4.39 Å². The first-order valence-corrected chi connectivity index (χ1v) is 9.33. The van der Waals surface area contributed by atoms with E-state index in [0.717, 1.165) is 41.9 Å². The quantitative estimate of drug-likeness (QED) is 0.840. The van der Waals surface area contributed by atoms with E-state index in [1.807, 2.05) is 6.07 Å². The Bertz CT molecular complexity index is 656. The van der Waals surface area contributed by atoms with Crippen molar-refractivity contribution in [1.29, 1.82) is 0 Å². The van der Waals surface area contributed by atoms with Crippen LogP contribution in [0, 0.1) is 5.82 Å². The second-order valence-electron chi connectivity index (χ2n) is 5.58. The zero-order valence-electron chi connectivity index (χ0n) is 13.0. The molecule has 0 bridgehead atoms. The highest BCUT2D eigenvalue weighted by atomic mass is 79.9. The SMILES string of the molecule is COc1ccc(C(c2ccc(Br)s2)N2CCCNCC2)cc1F. The van der Waals surface area contributed by atoms with Crippen LogP contribution in [0.2, 0.25) is 0 Å². The highest BCUT2D eigenvalue weighted by Crippen LogP contribution is 2.36. The van der Waals surface area contributed by atoms with E-state index < -0.39 is 0 Å². The number of nitrogens with one attached hydrogen (secondary N) is 1. The highest BCUT2D eigenvalue weighted by Gasteiger charge is 2.25. The molecule has 0 radical (unpaired) electrons. The lowest BCUT2D eigenvalue weighted by Gasteiger charge is -2.30. The molecule has 2 aromatic rings. The molecular weight excluding hydrogens is 379 g/mol. The average Bonchev–Trinajstić information content (AvgIpc) is 2.80. The molecule has 0 amide bonds. The lowest BCUT2D eigenvalue weighted by Crippen LogP contribution is -2.32. The summed E-state index contributed by atoms with van der Waals surface area (Å²) in [4.78, 5) is 3.66. The second-order valence-corrected chi connectivity index (χ2v) is 8.07. The third-order valence-corrected chi connectivity index (χ3v) is 5.77. The summed E-state index contributed by atoms with van der Waals surface area (Å²) >= 11 is 5.25. The van der Waals surface area contributed by atoms with Crippen molar-refractivity contribution in [3.63, 3.8) is 0 Å². The van der Waals surface area contributed by atoms with E-state index >= 15 is 0 Å². The molecule has 1 atom stereocenters. The Labute approximate surface area is 148 Å². The maximum atomic E-state index is 14.2. The second kappa shape index (κ2) is 7.75. The number of halogens is 2. The van der Waals surface area contributed by atoms with E-state index in [1.54, 1.807) is 23.5 Å². The van der Waals surface area contributed by atoms with Gasteiger partial charge in [-0.1, -0.05) is 6.07 Å². The predicted octanol–water partition coefficient (Wildman–Crippen LogP) is 4.04. The largest absolute Gasteiger partial charge is 0.494 e. The number of nitrogens with zero attached hydrogens (tertiary/aromatic N) is 1. The molecule has 1 aliphatic heterocycles. The summed E-state index contributed by atoms with van der Waals surface area (Å²) in [5.74, 6) is -0.0176. The molecular formula is C17H20BrFN2OS. The van der Waals surface area contributed by atoms with Crippen LogP contribution in [0.5, 0.6) is 5.75 Å². The van der Waals surface area contributed by atoms with E-state index in [2.05, 4.69) is 38.3 Å². The number of benzene rings is 1. The van der Waals surface area contributed by atoms with Gasteiger partial charge in [0, 0.05) is 24.5 Å². The summed E-state index contributed by atoms with van der Waals surface area (Å²) in [7, 11) is 1.49. The molecule has 124 valence electrons. The predicted molar refractivity (Wildman–Crippen MR) is 95.9 cm³/mol. The fourth-order valence-electron chi connectivity index (χ4n) is 3.01. The molecule has 1 aliphatic rings. The third-order valence-electron chi connectivity index (χ3n) is 4.09. The zero-order valence-corrected chi connectivity index (χ0v) is 15.4. The standard InChI is InChI=1S/C17H20BrFN2OS/c1-22-14-4-3-12(11-13(14)19)17(15-5-6-16(18)23-15)21-9-2-7-20-8-10-21/h3-6,11,17,20H,2,7-10H2,1H3. The number of hydrogen-bond donors (Lipinski definition) is 1. The van der Waals surface area contributed by atoms with Crippen LogP contribution in [0.25, 0.3) is 0 Å². The Morgan fingerprint density at radius 2 is 2.13 bits per heavy atom. The van der Waals surface area contributed by atoms with Gasteiger partial charge in [-0.3, -0.25) is 4.90 Å². The molecule has 0 aliphatic carbocycles. The lowest BCUT2D eigenvalue weighted by molar-refractivity contribution is 0.243. The smallest absolute Gasteiger partial charge is 0.165 e. The Morgan fingerprint density at radius 3 is 2.83 bits per heavy atom. The zero-order chi connectivity index (χ0) is 16.2. The molecule has 1 aromatic heterocycles. The first-order valence-electron chi connectivity index (χ1n) is 7.72. The average molecular weight is 399 g/mol. The van der Waals surface area contributed by atoms with E-state index in [1.165, 1.54) is 12.0 Å². The molecule has 1 fully saturated rings.